The second kappa shape index (κ2) is 9.29. The van der Waals surface area contributed by atoms with Crippen molar-refractivity contribution in [1.82, 2.24) is 4.98 Å². The van der Waals surface area contributed by atoms with Crippen LogP contribution in [0.3, 0.4) is 0 Å². The van der Waals surface area contributed by atoms with Gasteiger partial charge in [0.2, 0.25) is 5.88 Å². The van der Waals surface area contributed by atoms with Crippen molar-refractivity contribution in [3.05, 3.63) is 77.0 Å². The maximum atomic E-state index is 15.2. The molecule has 5 rings (SSSR count). The number of carboxylic acid groups (broad SMARTS) is 1. The Morgan fingerprint density at radius 2 is 1.91 bits per heavy atom. The summed E-state index contributed by atoms with van der Waals surface area (Å²) in [6.45, 7) is 1.76. The van der Waals surface area contributed by atoms with Crippen molar-refractivity contribution in [2.45, 2.75) is 44.6 Å². The number of aliphatic carboxylic acids is 1. The van der Waals surface area contributed by atoms with Crippen LogP contribution in [0.2, 0.25) is 0 Å². The summed E-state index contributed by atoms with van der Waals surface area (Å²) < 4.78 is 40.8. The standard InChI is InChI=1S/C28H27F2NO4/c1-15(28(32)33)27(17-4-5-17)19-6-3-16-8-10-24(35-25(16)12-19)20-9-7-18(11-22(20)29)21-13-26(34-2)31-14-23(21)30/h3,6-7,9,11-15,17,24,27H,4-5,8,10H2,1-2H3,(H,32,33)/t15-,24?,27?/m0/s1. The summed E-state index contributed by atoms with van der Waals surface area (Å²) in [6, 6.07) is 12.0. The van der Waals surface area contributed by atoms with Gasteiger partial charge in [-0.2, -0.15) is 0 Å². The highest BCUT2D eigenvalue weighted by molar-refractivity contribution is 5.71. The lowest BCUT2D eigenvalue weighted by molar-refractivity contribution is -0.142. The van der Waals surface area contributed by atoms with E-state index in [9.17, 15) is 14.3 Å². The van der Waals surface area contributed by atoms with Crippen molar-refractivity contribution < 1.29 is 28.2 Å². The Morgan fingerprint density at radius 1 is 1.11 bits per heavy atom. The molecule has 1 fully saturated rings. The number of nitrogens with zero attached hydrogens (tertiary/aromatic N) is 1. The minimum absolute atomic E-state index is 0.0648. The Morgan fingerprint density at radius 3 is 2.60 bits per heavy atom. The molecule has 2 heterocycles. The Kier molecular flexibility index (Phi) is 6.17. The number of benzene rings is 2. The molecule has 5 nitrogen and oxygen atoms in total. The molecule has 2 aliphatic rings. The maximum Gasteiger partial charge on any atom is 0.306 e. The number of aryl methyl sites for hydroxylation is 1. The van der Waals surface area contributed by atoms with Gasteiger partial charge in [0.1, 0.15) is 23.5 Å². The van der Waals surface area contributed by atoms with E-state index in [0.29, 0.717) is 29.2 Å². The molecular weight excluding hydrogens is 452 g/mol. The predicted octanol–water partition coefficient (Wildman–Crippen LogP) is 6.32. The Balaban J connectivity index is 1.41. The van der Waals surface area contributed by atoms with Crippen molar-refractivity contribution in [3.8, 4) is 22.8 Å². The lowest BCUT2D eigenvalue weighted by Gasteiger charge is -2.29. The molecule has 1 aromatic heterocycles. The summed E-state index contributed by atoms with van der Waals surface area (Å²) in [5.41, 5.74) is 2.99. The Bertz CT molecular complexity index is 1270. The molecule has 35 heavy (non-hydrogen) atoms. The van der Waals surface area contributed by atoms with Crippen LogP contribution < -0.4 is 9.47 Å². The lowest BCUT2D eigenvalue weighted by Crippen LogP contribution is -2.21. The molecule has 2 unspecified atom stereocenters. The van der Waals surface area contributed by atoms with E-state index >= 15 is 4.39 Å². The van der Waals surface area contributed by atoms with Gasteiger partial charge >= 0.3 is 5.97 Å². The molecule has 1 aliphatic heterocycles. The number of carbonyl (C=O) groups is 1. The first-order valence-electron chi connectivity index (χ1n) is 11.9. The van der Waals surface area contributed by atoms with Gasteiger partial charge in [0.25, 0.3) is 0 Å². The molecule has 1 N–H and O–H groups in total. The van der Waals surface area contributed by atoms with Gasteiger partial charge in [-0.05, 0) is 66.3 Å². The number of aromatic nitrogens is 1. The summed E-state index contributed by atoms with van der Waals surface area (Å²) >= 11 is 0. The molecule has 7 heteroatoms. The summed E-state index contributed by atoms with van der Waals surface area (Å²) in [6.07, 6.45) is 3.96. The SMILES string of the molecule is COc1cc(-c2ccc(C3CCc4ccc(C(C5CC5)[C@H](C)C(=O)O)cc4O3)c(F)c2)c(F)cn1. The summed E-state index contributed by atoms with van der Waals surface area (Å²) in [4.78, 5) is 15.5. The highest BCUT2D eigenvalue weighted by Crippen LogP contribution is 2.48. The smallest absolute Gasteiger partial charge is 0.306 e. The molecule has 1 aliphatic carbocycles. The van der Waals surface area contributed by atoms with Crippen molar-refractivity contribution >= 4 is 5.97 Å². The molecule has 182 valence electrons. The van der Waals surface area contributed by atoms with Crippen LogP contribution in [0, 0.1) is 23.5 Å². The first kappa shape index (κ1) is 23.3. The predicted molar refractivity (Wildman–Crippen MR) is 127 cm³/mol. The third-order valence-corrected chi connectivity index (χ3v) is 7.18. The van der Waals surface area contributed by atoms with E-state index in [1.807, 2.05) is 18.2 Å². The molecule has 2 aromatic carbocycles. The number of hydrogen-bond acceptors (Lipinski definition) is 4. The van der Waals surface area contributed by atoms with E-state index in [1.165, 1.54) is 19.2 Å². The molecule has 0 bridgehead atoms. The zero-order valence-corrected chi connectivity index (χ0v) is 19.6. The van der Waals surface area contributed by atoms with Gasteiger partial charge in [0.05, 0.1) is 19.2 Å². The minimum atomic E-state index is -0.802. The van der Waals surface area contributed by atoms with Gasteiger partial charge in [-0.15, -0.1) is 0 Å². The Labute approximate surface area is 202 Å². The van der Waals surface area contributed by atoms with E-state index in [1.54, 1.807) is 19.1 Å². The number of fused-ring (bicyclic) bond motifs is 1. The molecule has 0 spiro atoms. The van der Waals surface area contributed by atoms with Crippen LogP contribution in [0.25, 0.3) is 11.1 Å². The summed E-state index contributed by atoms with van der Waals surface area (Å²) in [7, 11) is 1.44. The normalized spacial score (nSPS) is 18.8. The van der Waals surface area contributed by atoms with Gasteiger partial charge in [0, 0.05) is 17.2 Å². The first-order valence-corrected chi connectivity index (χ1v) is 11.9. The average Bonchev–Trinajstić information content (AvgIpc) is 3.69. The average molecular weight is 480 g/mol. The Hall–Kier alpha value is -3.48. The molecular formula is C28H27F2NO4. The van der Waals surface area contributed by atoms with Gasteiger partial charge in [-0.1, -0.05) is 31.2 Å². The van der Waals surface area contributed by atoms with Gasteiger partial charge in [0.15, 0.2) is 0 Å². The second-order valence-electron chi connectivity index (χ2n) is 9.45. The number of ether oxygens (including phenoxy) is 2. The molecule has 1 saturated carbocycles. The quantitative estimate of drug-likeness (QED) is 0.430. The number of hydrogen-bond donors (Lipinski definition) is 1. The fourth-order valence-electron chi connectivity index (χ4n) is 5.10. The zero-order valence-electron chi connectivity index (χ0n) is 19.6. The van der Waals surface area contributed by atoms with Crippen LogP contribution in [0.5, 0.6) is 11.6 Å². The third kappa shape index (κ3) is 4.59. The van der Waals surface area contributed by atoms with Crippen molar-refractivity contribution in [3.63, 3.8) is 0 Å². The van der Waals surface area contributed by atoms with E-state index < -0.39 is 29.6 Å². The third-order valence-electron chi connectivity index (χ3n) is 7.18. The highest BCUT2D eigenvalue weighted by atomic mass is 19.1. The van der Waals surface area contributed by atoms with E-state index in [0.717, 1.165) is 36.6 Å². The molecule has 0 saturated heterocycles. The van der Waals surface area contributed by atoms with Crippen molar-refractivity contribution in [1.29, 1.82) is 0 Å². The largest absolute Gasteiger partial charge is 0.485 e. The van der Waals surface area contributed by atoms with Crippen molar-refractivity contribution in [2.24, 2.45) is 11.8 Å². The molecule has 3 atom stereocenters. The van der Waals surface area contributed by atoms with Crippen LogP contribution in [-0.4, -0.2) is 23.2 Å². The van der Waals surface area contributed by atoms with E-state index in [-0.39, 0.29) is 17.4 Å². The molecule has 0 radical (unpaired) electrons. The topological polar surface area (TPSA) is 68.7 Å². The fourth-order valence-corrected chi connectivity index (χ4v) is 5.10. The van der Waals surface area contributed by atoms with Crippen molar-refractivity contribution in [2.75, 3.05) is 7.11 Å². The van der Waals surface area contributed by atoms with Crippen LogP contribution >= 0.6 is 0 Å². The number of rotatable bonds is 7. The summed E-state index contributed by atoms with van der Waals surface area (Å²) in [5, 5.41) is 9.59. The fraction of sp³-hybridized carbons (Fsp3) is 0.357. The van der Waals surface area contributed by atoms with Crippen LogP contribution in [0.1, 0.15) is 54.9 Å². The minimum Gasteiger partial charge on any atom is -0.485 e. The molecule has 3 aromatic rings. The monoisotopic (exact) mass is 479 g/mol. The van der Waals surface area contributed by atoms with Crippen LogP contribution in [0.4, 0.5) is 8.78 Å². The van der Waals surface area contributed by atoms with Crippen LogP contribution in [-0.2, 0) is 11.2 Å². The first-order chi connectivity index (χ1) is 16.9. The molecule has 0 amide bonds. The number of halogens is 2. The van der Waals surface area contributed by atoms with Gasteiger partial charge < -0.3 is 14.6 Å². The van der Waals surface area contributed by atoms with E-state index in [2.05, 4.69) is 4.98 Å². The van der Waals surface area contributed by atoms with Gasteiger partial charge in [-0.25, -0.2) is 13.8 Å². The number of pyridine rings is 1. The van der Waals surface area contributed by atoms with Gasteiger partial charge in [-0.3, -0.25) is 4.79 Å². The number of methoxy groups -OCH3 is 1. The van der Waals surface area contributed by atoms with Crippen LogP contribution in [0.15, 0.2) is 48.7 Å². The highest BCUT2D eigenvalue weighted by Gasteiger charge is 2.39. The lowest BCUT2D eigenvalue weighted by atomic mass is 9.82. The second-order valence-corrected chi connectivity index (χ2v) is 9.45. The summed E-state index contributed by atoms with van der Waals surface area (Å²) in [5.74, 6) is -1.10. The maximum absolute atomic E-state index is 15.2. The van der Waals surface area contributed by atoms with E-state index in [4.69, 9.17) is 9.47 Å². The number of carboxylic acids is 1. The zero-order chi connectivity index (χ0) is 24.7.